The summed E-state index contributed by atoms with van der Waals surface area (Å²) in [6, 6.07) is 20.3. The Kier molecular flexibility index (Phi) is 5.73. The molecule has 0 amide bonds. The molecule has 0 saturated heterocycles. The predicted molar refractivity (Wildman–Crippen MR) is 137 cm³/mol. The van der Waals surface area contributed by atoms with E-state index in [0.29, 0.717) is 22.2 Å². The molecule has 0 radical (unpaired) electrons. The van der Waals surface area contributed by atoms with E-state index in [0.717, 1.165) is 5.56 Å². The lowest BCUT2D eigenvalue weighted by atomic mass is 10.1. The first-order chi connectivity index (χ1) is 17.3. The fourth-order valence-corrected chi connectivity index (χ4v) is 5.44. The third-order valence-electron chi connectivity index (χ3n) is 5.65. The number of nitrogen functional groups attached to an aromatic ring is 1. The van der Waals surface area contributed by atoms with E-state index in [-0.39, 0.29) is 26.8 Å². The minimum atomic E-state index is -4.04. The van der Waals surface area contributed by atoms with E-state index in [9.17, 15) is 13.2 Å². The molecule has 3 aromatic carbocycles. The summed E-state index contributed by atoms with van der Waals surface area (Å²) in [5, 5.41) is 4.43. The van der Waals surface area contributed by atoms with Crippen molar-refractivity contribution in [1.29, 1.82) is 0 Å². The quantitative estimate of drug-likeness (QED) is 0.286. The normalized spacial score (nSPS) is 11.9. The number of methoxy groups -OCH3 is 1. The molecule has 2 heterocycles. The summed E-state index contributed by atoms with van der Waals surface area (Å²) < 4.78 is 33.4. The van der Waals surface area contributed by atoms with Gasteiger partial charge in [-0.3, -0.25) is 0 Å². The lowest BCUT2D eigenvalue weighted by Crippen LogP contribution is -2.07. The van der Waals surface area contributed by atoms with Crippen molar-refractivity contribution in [3.63, 3.8) is 0 Å². The van der Waals surface area contributed by atoms with Crippen LogP contribution in [-0.2, 0) is 14.6 Å². The van der Waals surface area contributed by atoms with Crippen LogP contribution in [0, 0.1) is 6.92 Å². The van der Waals surface area contributed by atoms with Crippen LogP contribution >= 0.6 is 0 Å². The average Bonchev–Trinajstić information content (AvgIpc) is 3.16. The second kappa shape index (κ2) is 8.90. The van der Waals surface area contributed by atoms with Crippen LogP contribution in [0.25, 0.3) is 22.2 Å². The zero-order valence-corrected chi connectivity index (χ0v) is 20.2. The lowest BCUT2D eigenvalue weighted by Gasteiger charge is -2.06. The third-order valence-corrected chi connectivity index (χ3v) is 7.47. The number of para-hydroxylation sites is 2. The van der Waals surface area contributed by atoms with E-state index < -0.39 is 15.8 Å². The minimum Gasteiger partial charge on any atom is -0.465 e. The van der Waals surface area contributed by atoms with Gasteiger partial charge in [0.15, 0.2) is 5.65 Å². The SMILES string of the molecule is COC(=O)c1ccc(/C=N/n2c(N)c(S(=O)(=O)c3cccc(C)c3)c3nc4ccccc4nc32)cc1. The molecule has 5 rings (SSSR count). The number of nitrogens with zero attached hydrogens (tertiary/aromatic N) is 4. The second-order valence-electron chi connectivity index (χ2n) is 8.09. The summed E-state index contributed by atoms with van der Waals surface area (Å²) in [4.78, 5) is 20.9. The van der Waals surface area contributed by atoms with Gasteiger partial charge in [0.1, 0.15) is 16.2 Å². The van der Waals surface area contributed by atoms with E-state index >= 15 is 0 Å². The molecule has 0 aliphatic heterocycles. The summed E-state index contributed by atoms with van der Waals surface area (Å²) >= 11 is 0. The Balaban J connectivity index is 1.71. The number of carbonyl (C=O) groups excluding carboxylic acids is 1. The van der Waals surface area contributed by atoms with Crippen LogP contribution in [0.3, 0.4) is 0 Å². The number of carbonyl (C=O) groups is 1. The molecular formula is C26H21N5O4S. The van der Waals surface area contributed by atoms with E-state index in [2.05, 4.69) is 15.1 Å². The number of anilines is 1. The molecule has 36 heavy (non-hydrogen) atoms. The fraction of sp³-hybridized carbons (Fsp3) is 0.0769. The van der Waals surface area contributed by atoms with Crippen LogP contribution < -0.4 is 5.73 Å². The molecule has 0 aliphatic carbocycles. The highest BCUT2D eigenvalue weighted by molar-refractivity contribution is 7.92. The predicted octanol–water partition coefficient (Wildman–Crippen LogP) is 3.98. The Morgan fingerprint density at radius 1 is 1.00 bits per heavy atom. The van der Waals surface area contributed by atoms with Gasteiger partial charge >= 0.3 is 5.97 Å². The number of nitrogens with two attached hydrogens (primary N) is 1. The summed E-state index contributed by atoms with van der Waals surface area (Å²) in [6.45, 7) is 1.81. The Morgan fingerprint density at radius 3 is 2.36 bits per heavy atom. The van der Waals surface area contributed by atoms with Gasteiger partial charge in [0, 0.05) is 0 Å². The first-order valence-electron chi connectivity index (χ1n) is 10.9. The van der Waals surface area contributed by atoms with Crippen molar-refractivity contribution < 1.29 is 17.9 Å². The molecule has 2 N–H and O–H groups in total. The van der Waals surface area contributed by atoms with Gasteiger partial charge < -0.3 is 10.5 Å². The Hall–Kier alpha value is -4.57. The molecule has 0 bridgehead atoms. The second-order valence-corrected chi connectivity index (χ2v) is 9.98. The summed E-state index contributed by atoms with van der Waals surface area (Å²) in [5.74, 6) is -0.559. The van der Waals surface area contributed by atoms with Gasteiger partial charge in [0.05, 0.1) is 34.8 Å². The van der Waals surface area contributed by atoms with Gasteiger partial charge in [-0.25, -0.2) is 23.2 Å². The first kappa shape index (κ1) is 23.2. The smallest absolute Gasteiger partial charge is 0.337 e. The van der Waals surface area contributed by atoms with Crippen molar-refractivity contribution in [3.8, 4) is 0 Å². The number of aromatic nitrogens is 3. The summed E-state index contributed by atoms with van der Waals surface area (Å²) in [5.41, 5.74) is 9.70. The number of hydrogen-bond acceptors (Lipinski definition) is 8. The van der Waals surface area contributed by atoms with E-state index in [1.54, 1.807) is 54.6 Å². The van der Waals surface area contributed by atoms with Gasteiger partial charge in [-0.05, 0) is 54.4 Å². The fourth-order valence-electron chi connectivity index (χ4n) is 3.85. The highest BCUT2D eigenvalue weighted by Crippen LogP contribution is 2.35. The monoisotopic (exact) mass is 499 g/mol. The van der Waals surface area contributed by atoms with Crippen LogP contribution in [-0.4, -0.2) is 42.4 Å². The van der Waals surface area contributed by atoms with Gasteiger partial charge in [-0.2, -0.15) is 9.78 Å². The van der Waals surface area contributed by atoms with E-state index in [4.69, 9.17) is 10.5 Å². The number of aryl methyl sites for hydroxylation is 1. The molecule has 0 fully saturated rings. The number of fused-ring (bicyclic) bond motifs is 2. The molecule has 180 valence electrons. The van der Waals surface area contributed by atoms with E-state index in [1.165, 1.54) is 24.1 Å². The molecule has 5 aromatic rings. The Bertz CT molecular complexity index is 1770. The van der Waals surface area contributed by atoms with Crippen molar-refractivity contribution in [2.45, 2.75) is 16.7 Å². The zero-order valence-electron chi connectivity index (χ0n) is 19.4. The molecular weight excluding hydrogens is 478 g/mol. The summed E-state index contributed by atoms with van der Waals surface area (Å²) in [6.07, 6.45) is 1.50. The van der Waals surface area contributed by atoms with Gasteiger partial charge in [-0.1, -0.05) is 36.4 Å². The highest BCUT2D eigenvalue weighted by Gasteiger charge is 2.30. The van der Waals surface area contributed by atoms with Crippen molar-refractivity contribution in [1.82, 2.24) is 14.6 Å². The van der Waals surface area contributed by atoms with Gasteiger partial charge in [0.25, 0.3) is 0 Å². The maximum Gasteiger partial charge on any atom is 0.337 e. The maximum atomic E-state index is 13.7. The number of sulfone groups is 1. The average molecular weight is 500 g/mol. The van der Waals surface area contributed by atoms with Crippen LogP contribution in [0.5, 0.6) is 0 Å². The standard InChI is InChI=1S/C26H21N5O4S/c1-16-6-5-7-19(14-16)36(33,34)23-22-25(30-21-9-4-3-8-20(21)29-22)31(24(23)27)28-15-17-10-12-18(13-11-17)26(32)35-2/h3-15H,27H2,1-2H3/b28-15+. The molecule has 0 spiro atoms. The third kappa shape index (κ3) is 3.97. The largest absolute Gasteiger partial charge is 0.465 e. The van der Waals surface area contributed by atoms with Gasteiger partial charge in [0.2, 0.25) is 9.84 Å². The number of rotatable bonds is 5. The molecule has 2 aromatic heterocycles. The number of hydrogen-bond donors (Lipinski definition) is 1. The van der Waals surface area contributed by atoms with Crippen molar-refractivity contribution >= 4 is 50.0 Å². The van der Waals surface area contributed by atoms with E-state index in [1.807, 2.05) is 19.1 Å². The van der Waals surface area contributed by atoms with Crippen LogP contribution in [0.15, 0.2) is 87.7 Å². The molecule has 0 unspecified atom stereocenters. The molecule has 9 nitrogen and oxygen atoms in total. The molecule has 10 heteroatoms. The number of ether oxygens (including phenoxy) is 1. The Labute approximate surface area is 206 Å². The maximum absolute atomic E-state index is 13.7. The van der Waals surface area contributed by atoms with Crippen molar-refractivity contribution in [2.75, 3.05) is 12.8 Å². The summed E-state index contributed by atoms with van der Waals surface area (Å²) in [7, 11) is -2.73. The topological polar surface area (TPSA) is 130 Å². The highest BCUT2D eigenvalue weighted by atomic mass is 32.2. The van der Waals surface area contributed by atoms with Crippen LogP contribution in [0.1, 0.15) is 21.5 Å². The molecule has 0 aliphatic rings. The minimum absolute atomic E-state index is 0.102. The van der Waals surface area contributed by atoms with Gasteiger partial charge in [-0.15, -0.1) is 0 Å². The number of esters is 1. The first-order valence-corrected chi connectivity index (χ1v) is 12.4. The Morgan fingerprint density at radius 2 is 1.69 bits per heavy atom. The molecule has 0 saturated carbocycles. The van der Waals surface area contributed by atoms with Crippen molar-refractivity contribution in [2.24, 2.45) is 5.10 Å². The zero-order chi connectivity index (χ0) is 25.4. The lowest BCUT2D eigenvalue weighted by molar-refractivity contribution is 0.0600. The van der Waals surface area contributed by atoms with Crippen molar-refractivity contribution in [3.05, 3.63) is 89.5 Å². The van der Waals surface area contributed by atoms with Crippen LogP contribution in [0.2, 0.25) is 0 Å². The molecule has 0 atom stereocenters. The number of benzene rings is 3. The van der Waals surface area contributed by atoms with Crippen LogP contribution in [0.4, 0.5) is 5.82 Å².